The Kier molecular flexibility index (Phi) is 4.52. The van der Waals surface area contributed by atoms with Crippen LogP contribution in [0.1, 0.15) is 22.3 Å². The van der Waals surface area contributed by atoms with E-state index in [1.807, 2.05) is 50.3 Å². The van der Waals surface area contributed by atoms with Crippen molar-refractivity contribution >= 4 is 46.0 Å². The third-order valence-electron chi connectivity index (χ3n) is 3.72. The van der Waals surface area contributed by atoms with Crippen molar-refractivity contribution in [2.45, 2.75) is 13.8 Å². The molecular weight excluding hydrogens is 336 g/mol. The van der Waals surface area contributed by atoms with E-state index in [1.54, 1.807) is 17.0 Å². The standard InChI is InChI=1S/C19H14N2OS2/c1-12-3-8-16(13(2)9-12)21-18(22)17(24-19(21)23)10-14-4-6-15(11-20)7-5-14/h3-10H,1-2H3/b17-10-. The van der Waals surface area contributed by atoms with Gasteiger partial charge in [0.15, 0.2) is 4.32 Å². The Morgan fingerprint density at radius 2 is 1.88 bits per heavy atom. The van der Waals surface area contributed by atoms with Gasteiger partial charge in [0, 0.05) is 0 Å². The predicted octanol–water partition coefficient (Wildman–Crippen LogP) is 4.58. The molecular formula is C19H14N2OS2. The molecule has 1 aliphatic heterocycles. The van der Waals surface area contributed by atoms with E-state index in [9.17, 15) is 4.79 Å². The second-order valence-electron chi connectivity index (χ2n) is 5.54. The van der Waals surface area contributed by atoms with E-state index in [0.717, 1.165) is 22.4 Å². The van der Waals surface area contributed by atoms with Crippen molar-refractivity contribution in [1.82, 2.24) is 0 Å². The zero-order valence-electron chi connectivity index (χ0n) is 13.2. The zero-order chi connectivity index (χ0) is 17.3. The number of aryl methyl sites for hydroxylation is 2. The molecule has 3 nitrogen and oxygen atoms in total. The average molecular weight is 350 g/mol. The van der Waals surface area contributed by atoms with Crippen LogP contribution in [0.25, 0.3) is 6.08 Å². The second-order valence-corrected chi connectivity index (χ2v) is 7.22. The first-order chi connectivity index (χ1) is 11.5. The molecule has 1 heterocycles. The van der Waals surface area contributed by atoms with E-state index < -0.39 is 0 Å². The molecule has 1 aliphatic rings. The predicted molar refractivity (Wildman–Crippen MR) is 103 cm³/mol. The Bertz CT molecular complexity index is 908. The van der Waals surface area contributed by atoms with Gasteiger partial charge >= 0.3 is 0 Å². The number of hydrogen-bond donors (Lipinski definition) is 0. The molecule has 1 saturated heterocycles. The highest BCUT2D eigenvalue weighted by molar-refractivity contribution is 8.27. The number of thioether (sulfide) groups is 1. The third kappa shape index (κ3) is 3.12. The molecule has 118 valence electrons. The molecule has 2 aromatic carbocycles. The molecule has 3 rings (SSSR count). The normalized spacial score (nSPS) is 15.9. The minimum absolute atomic E-state index is 0.110. The summed E-state index contributed by atoms with van der Waals surface area (Å²) in [5, 5.41) is 8.85. The molecule has 0 aliphatic carbocycles. The average Bonchev–Trinajstić information content (AvgIpc) is 2.83. The first-order valence-electron chi connectivity index (χ1n) is 7.35. The summed E-state index contributed by atoms with van der Waals surface area (Å²) >= 11 is 6.71. The zero-order valence-corrected chi connectivity index (χ0v) is 14.9. The number of amides is 1. The topological polar surface area (TPSA) is 44.1 Å². The molecule has 2 aromatic rings. The van der Waals surface area contributed by atoms with E-state index >= 15 is 0 Å². The van der Waals surface area contributed by atoms with Crippen molar-refractivity contribution in [2.75, 3.05) is 4.90 Å². The molecule has 24 heavy (non-hydrogen) atoms. The van der Waals surface area contributed by atoms with E-state index in [4.69, 9.17) is 17.5 Å². The fourth-order valence-corrected chi connectivity index (χ4v) is 3.82. The minimum atomic E-state index is -0.110. The Morgan fingerprint density at radius 1 is 1.17 bits per heavy atom. The van der Waals surface area contributed by atoms with Gasteiger partial charge in [0.2, 0.25) is 0 Å². The number of rotatable bonds is 2. The monoisotopic (exact) mass is 350 g/mol. The van der Waals surface area contributed by atoms with Gasteiger partial charge in [-0.3, -0.25) is 9.69 Å². The highest BCUT2D eigenvalue weighted by Gasteiger charge is 2.33. The van der Waals surface area contributed by atoms with E-state index in [2.05, 4.69) is 6.07 Å². The molecule has 0 spiro atoms. The number of carbonyl (C=O) groups is 1. The number of nitriles is 1. The molecule has 0 atom stereocenters. The van der Waals surface area contributed by atoms with Crippen LogP contribution in [-0.4, -0.2) is 10.2 Å². The van der Waals surface area contributed by atoms with Crippen molar-refractivity contribution in [3.8, 4) is 6.07 Å². The molecule has 0 aromatic heterocycles. The summed E-state index contributed by atoms with van der Waals surface area (Å²) in [6.07, 6.45) is 1.81. The van der Waals surface area contributed by atoms with Crippen molar-refractivity contribution in [3.05, 3.63) is 69.6 Å². The number of benzene rings is 2. The first-order valence-corrected chi connectivity index (χ1v) is 8.57. The second kappa shape index (κ2) is 6.60. The van der Waals surface area contributed by atoms with Gasteiger partial charge in [-0.05, 0) is 49.2 Å². The molecule has 0 unspecified atom stereocenters. The van der Waals surface area contributed by atoms with Gasteiger partial charge in [-0.25, -0.2) is 0 Å². The maximum absolute atomic E-state index is 12.8. The van der Waals surface area contributed by atoms with Crippen LogP contribution in [0.2, 0.25) is 0 Å². The van der Waals surface area contributed by atoms with Gasteiger partial charge in [0.1, 0.15) is 0 Å². The first kappa shape index (κ1) is 16.4. The fourth-order valence-electron chi connectivity index (χ4n) is 2.54. The summed E-state index contributed by atoms with van der Waals surface area (Å²) in [4.78, 5) is 15.0. The van der Waals surface area contributed by atoms with Gasteiger partial charge in [0.25, 0.3) is 5.91 Å². The minimum Gasteiger partial charge on any atom is -0.268 e. The highest BCUT2D eigenvalue weighted by Crippen LogP contribution is 2.37. The molecule has 0 bridgehead atoms. The smallest absolute Gasteiger partial charge is 0.268 e. The maximum atomic E-state index is 12.8. The summed E-state index contributed by atoms with van der Waals surface area (Å²) < 4.78 is 0.534. The quantitative estimate of drug-likeness (QED) is 0.587. The Hall–Kier alpha value is -2.42. The maximum Gasteiger partial charge on any atom is 0.270 e. The van der Waals surface area contributed by atoms with Crippen LogP contribution in [0.4, 0.5) is 5.69 Å². The largest absolute Gasteiger partial charge is 0.270 e. The lowest BCUT2D eigenvalue weighted by molar-refractivity contribution is -0.113. The Morgan fingerprint density at radius 3 is 2.50 bits per heavy atom. The van der Waals surface area contributed by atoms with Gasteiger partial charge in [0.05, 0.1) is 22.2 Å². The number of thiocarbonyl (C=S) groups is 1. The summed E-state index contributed by atoms with van der Waals surface area (Å²) in [5.74, 6) is -0.110. The van der Waals surface area contributed by atoms with Crippen LogP contribution >= 0.6 is 24.0 Å². The van der Waals surface area contributed by atoms with Crippen LogP contribution in [0.15, 0.2) is 47.4 Å². The van der Waals surface area contributed by atoms with Crippen molar-refractivity contribution in [1.29, 1.82) is 5.26 Å². The van der Waals surface area contributed by atoms with Crippen LogP contribution in [0.3, 0.4) is 0 Å². The summed E-state index contributed by atoms with van der Waals surface area (Å²) in [6.45, 7) is 4.00. The molecule has 0 radical (unpaired) electrons. The molecule has 1 fully saturated rings. The number of carbonyl (C=O) groups excluding carboxylic acids is 1. The Labute approximate surface area is 150 Å². The van der Waals surface area contributed by atoms with Crippen molar-refractivity contribution in [2.24, 2.45) is 0 Å². The third-order valence-corrected chi connectivity index (χ3v) is 5.03. The van der Waals surface area contributed by atoms with Crippen LogP contribution < -0.4 is 4.90 Å². The lowest BCUT2D eigenvalue weighted by Gasteiger charge is -2.17. The van der Waals surface area contributed by atoms with E-state index in [0.29, 0.717) is 14.8 Å². The van der Waals surface area contributed by atoms with Crippen molar-refractivity contribution in [3.63, 3.8) is 0 Å². The molecule has 0 N–H and O–H groups in total. The van der Waals surface area contributed by atoms with Crippen molar-refractivity contribution < 1.29 is 4.79 Å². The van der Waals surface area contributed by atoms with E-state index in [-0.39, 0.29) is 5.91 Å². The Balaban J connectivity index is 1.93. The number of nitrogens with zero attached hydrogens (tertiary/aromatic N) is 2. The molecule has 1 amide bonds. The SMILES string of the molecule is Cc1ccc(N2C(=O)/C(=C/c3ccc(C#N)cc3)SC2=S)c(C)c1. The highest BCUT2D eigenvalue weighted by atomic mass is 32.2. The fraction of sp³-hybridized carbons (Fsp3) is 0.105. The van der Waals surface area contributed by atoms with Gasteiger partial charge in [-0.15, -0.1) is 0 Å². The van der Waals surface area contributed by atoms with Gasteiger partial charge in [-0.1, -0.05) is 53.8 Å². The van der Waals surface area contributed by atoms with Crippen LogP contribution in [-0.2, 0) is 4.79 Å². The van der Waals surface area contributed by atoms with E-state index in [1.165, 1.54) is 11.8 Å². The lowest BCUT2D eigenvalue weighted by atomic mass is 10.1. The molecule has 5 heteroatoms. The summed E-state index contributed by atoms with van der Waals surface area (Å²) in [6, 6.07) is 15.1. The van der Waals surface area contributed by atoms with Gasteiger partial charge < -0.3 is 0 Å². The van der Waals surface area contributed by atoms with Gasteiger partial charge in [-0.2, -0.15) is 5.26 Å². The lowest BCUT2D eigenvalue weighted by Crippen LogP contribution is -2.28. The van der Waals surface area contributed by atoms with Crippen LogP contribution in [0, 0.1) is 25.2 Å². The van der Waals surface area contributed by atoms with Crippen LogP contribution in [0.5, 0.6) is 0 Å². The summed E-state index contributed by atoms with van der Waals surface area (Å²) in [5.41, 5.74) is 4.46. The number of hydrogen-bond acceptors (Lipinski definition) is 4. The number of anilines is 1. The molecule has 0 saturated carbocycles. The summed E-state index contributed by atoms with van der Waals surface area (Å²) in [7, 11) is 0.